The normalized spacial score (nSPS) is 10.3. The number of aromatic hydroxyl groups is 1. The lowest BCUT2D eigenvalue weighted by molar-refractivity contribution is 0.0951. The van der Waals surface area contributed by atoms with Crippen LogP contribution in [-0.4, -0.2) is 17.6 Å². The molecule has 0 aliphatic heterocycles. The highest BCUT2D eigenvalue weighted by molar-refractivity contribution is 5.96. The molecule has 94 valence electrons. The van der Waals surface area contributed by atoms with Gasteiger partial charge in [0.25, 0.3) is 5.91 Å². The molecule has 0 unspecified atom stereocenters. The molecule has 2 rings (SSSR count). The summed E-state index contributed by atoms with van der Waals surface area (Å²) in [4.78, 5) is 11.7. The molecule has 1 heterocycles. The van der Waals surface area contributed by atoms with Crippen LogP contribution >= 0.6 is 0 Å². The molecule has 0 saturated carbocycles. The van der Waals surface area contributed by atoms with E-state index in [0.717, 1.165) is 17.9 Å². The Hall–Kier alpha value is -2.30. The first kappa shape index (κ1) is 12.2. The van der Waals surface area contributed by atoms with Gasteiger partial charge in [0.05, 0.1) is 11.8 Å². The van der Waals surface area contributed by atoms with Crippen LogP contribution in [0.25, 0.3) is 0 Å². The Morgan fingerprint density at radius 1 is 1.39 bits per heavy atom. The van der Waals surface area contributed by atoms with Crippen LogP contribution in [-0.2, 0) is 6.42 Å². The smallest absolute Gasteiger partial charge is 0.255 e. The van der Waals surface area contributed by atoms with Gasteiger partial charge in [0, 0.05) is 19.0 Å². The molecular weight excluding hydrogens is 237 g/mol. The number of phenols is 1. The molecular formula is C13H12FNO3. The van der Waals surface area contributed by atoms with Crippen molar-refractivity contribution >= 4 is 5.91 Å². The van der Waals surface area contributed by atoms with Gasteiger partial charge in [0.2, 0.25) is 0 Å². The van der Waals surface area contributed by atoms with Crippen LogP contribution in [0.15, 0.2) is 41.0 Å². The Balaban J connectivity index is 1.91. The van der Waals surface area contributed by atoms with Crippen molar-refractivity contribution in [3.8, 4) is 5.75 Å². The molecule has 0 radical (unpaired) electrons. The van der Waals surface area contributed by atoms with Crippen molar-refractivity contribution < 1.29 is 18.7 Å². The van der Waals surface area contributed by atoms with Gasteiger partial charge in [-0.15, -0.1) is 0 Å². The third-order valence-corrected chi connectivity index (χ3v) is 2.44. The van der Waals surface area contributed by atoms with E-state index in [2.05, 4.69) is 5.32 Å². The summed E-state index contributed by atoms with van der Waals surface area (Å²) < 4.78 is 17.9. The first-order chi connectivity index (χ1) is 8.66. The zero-order valence-electron chi connectivity index (χ0n) is 9.52. The second-order valence-corrected chi connectivity index (χ2v) is 3.75. The summed E-state index contributed by atoms with van der Waals surface area (Å²) in [6, 6.07) is 6.85. The summed E-state index contributed by atoms with van der Waals surface area (Å²) in [6.45, 7) is 0.378. The Morgan fingerprint density at radius 3 is 2.89 bits per heavy atom. The third kappa shape index (κ3) is 2.88. The highest BCUT2D eigenvalue weighted by Crippen LogP contribution is 2.17. The Kier molecular flexibility index (Phi) is 3.62. The Labute approximate surface area is 103 Å². The summed E-state index contributed by atoms with van der Waals surface area (Å²) in [7, 11) is 0. The number of nitrogens with one attached hydrogen (secondary N) is 1. The van der Waals surface area contributed by atoms with E-state index < -0.39 is 11.7 Å². The van der Waals surface area contributed by atoms with Crippen molar-refractivity contribution in [1.29, 1.82) is 0 Å². The van der Waals surface area contributed by atoms with Crippen LogP contribution in [0.4, 0.5) is 4.39 Å². The van der Waals surface area contributed by atoms with Crippen LogP contribution in [0, 0.1) is 5.82 Å². The maximum absolute atomic E-state index is 12.7. The van der Waals surface area contributed by atoms with Gasteiger partial charge < -0.3 is 14.8 Å². The number of benzene rings is 1. The zero-order chi connectivity index (χ0) is 13.0. The van der Waals surface area contributed by atoms with Crippen LogP contribution in [0.5, 0.6) is 5.75 Å². The van der Waals surface area contributed by atoms with Crippen LogP contribution in [0.3, 0.4) is 0 Å². The maximum Gasteiger partial charge on any atom is 0.255 e. The SMILES string of the molecule is O=C(NCCc1ccco1)c1ccc(F)cc1O. The first-order valence-corrected chi connectivity index (χ1v) is 5.46. The fourth-order valence-corrected chi connectivity index (χ4v) is 1.55. The van der Waals surface area contributed by atoms with Gasteiger partial charge in [-0.1, -0.05) is 0 Å². The molecule has 18 heavy (non-hydrogen) atoms. The van der Waals surface area contributed by atoms with Crippen molar-refractivity contribution in [2.24, 2.45) is 0 Å². The van der Waals surface area contributed by atoms with Crippen LogP contribution < -0.4 is 5.32 Å². The molecule has 0 bridgehead atoms. The van der Waals surface area contributed by atoms with E-state index in [1.165, 1.54) is 6.07 Å². The maximum atomic E-state index is 12.7. The minimum atomic E-state index is -0.584. The van der Waals surface area contributed by atoms with Gasteiger partial charge in [-0.2, -0.15) is 0 Å². The fraction of sp³-hybridized carbons (Fsp3) is 0.154. The largest absolute Gasteiger partial charge is 0.507 e. The summed E-state index contributed by atoms with van der Waals surface area (Å²) in [5.41, 5.74) is 0.0517. The van der Waals surface area contributed by atoms with E-state index in [9.17, 15) is 14.3 Å². The van der Waals surface area contributed by atoms with Gasteiger partial charge in [-0.05, 0) is 24.3 Å². The standard InChI is InChI=1S/C13H12FNO3/c14-9-3-4-11(12(16)8-9)13(17)15-6-5-10-2-1-7-18-10/h1-4,7-8,16H,5-6H2,(H,15,17). The number of phenolic OH excluding ortho intramolecular Hbond substituents is 1. The second kappa shape index (κ2) is 5.35. The highest BCUT2D eigenvalue weighted by Gasteiger charge is 2.11. The average molecular weight is 249 g/mol. The number of furan rings is 1. The minimum Gasteiger partial charge on any atom is -0.507 e. The molecule has 0 saturated heterocycles. The summed E-state index contributed by atoms with van der Waals surface area (Å²) in [5, 5.41) is 12.0. The lowest BCUT2D eigenvalue weighted by Crippen LogP contribution is -2.25. The quantitative estimate of drug-likeness (QED) is 0.872. The van der Waals surface area contributed by atoms with Crippen molar-refractivity contribution in [2.45, 2.75) is 6.42 Å². The van der Waals surface area contributed by atoms with E-state index in [1.54, 1.807) is 12.3 Å². The lowest BCUT2D eigenvalue weighted by Gasteiger charge is -2.05. The first-order valence-electron chi connectivity index (χ1n) is 5.46. The number of rotatable bonds is 4. The molecule has 1 amide bonds. The molecule has 1 aromatic heterocycles. The predicted molar refractivity (Wildman–Crippen MR) is 62.8 cm³/mol. The van der Waals surface area contributed by atoms with Gasteiger partial charge in [-0.25, -0.2) is 4.39 Å². The predicted octanol–water partition coefficient (Wildman–Crippen LogP) is 2.10. The molecule has 1 aromatic carbocycles. The molecule has 0 spiro atoms. The Morgan fingerprint density at radius 2 is 2.22 bits per heavy atom. The number of halogens is 1. The summed E-state index contributed by atoms with van der Waals surface area (Å²) in [5.74, 6) is -0.636. The number of amides is 1. The second-order valence-electron chi connectivity index (χ2n) is 3.75. The minimum absolute atomic E-state index is 0.0517. The molecule has 0 fully saturated rings. The van der Waals surface area contributed by atoms with E-state index in [-0.39, 0.29) is 11.3 Å². The van der Waals surface area contributed by atoms with Crippen LogP contribution in [0.2, 0.25) is 0 Å². The number of hydrogen-bond donors (Lipinski definition) is 2. The average Bonchev–Trinajstić information content (AvgIpc) is 2.81. The monoisotopic (exact) mass is 249 g/mol. The van der Waals surface area contributed by atoms with Gasteiger partial charge >= 0.3 is 0 Å². The van der Waals surface area contributed by atoms with Crippen molar-refractivity contribution in [1.82, 2.24) is 5.32 Å². The highest BCUT2D eigenvalue weighted by atomic mass is 19.1. The number of carbonyl (C=O) groups is 1. The molecule has 4 nitrogen and oxygen atoms in total. The summed E-state index contributed by atoms with van der Waals surface area (Å²) in [6.07, 6.45) is 2.11. The molecule has 2 aromatic rings. The van der Waals surface area contributed by atoms with Gasteiger partial charge in [0.1, 0.15) is 17.3 Å². The summed E-state index contributed by atoms with van der Waals surface area (Å²) >= 11 is 0. The van der Waals surface area contributed by atoms with Crippen molar-refractivity contribution in [3.63, 3.8) is 0 Å². The molecule has 5 heteroatoms. The number of carbonyl (C=O) groups excluding carboxylic acids is 1. The Bertz CT molecular complexity index is 537. The molecule has 2 N–H and O–H groups in total. The van der Waals surface area contributed by atoms with E-state index >= 15 is 0 Å². The third-order valence-electron chi connectivity index (χ3n) is 2.44. The zero-order valence-corrected chi connectivity index (χ0v) is 9.52. The van der Waals surface area contributed by atoms with Crippen LogP contribution in [0.1, 0.15) is 16.1 Å². The fourth-order valence-electron chi connectivity index (χ4n) is 1.55. The van der Waals surface area contributed by atoms with Gasteiger partial charge in [0.15, 0.2) is 0 Å². The van der Waals surface area contributed by atoms with E-state index in [0.29, 0.717) is 13.0 Å². The molecule has 0 aliphatic rings. The lowest BCUT2D eigenvalue weighted by atomic mass is 10.2. The van der Waals surface area contributed by atoms with Crippen molar-refractivity contribution in [2.75, 3.05) is 6.54 Å². The number of hydrogen-bond acceptors (Lipinski definition) is 3. The van der Waals surface area contributed by atoms with E-state index in [1.807, 2.05) is 6.07 Å². The molecule has 0 aliphatic carbocycles. The topological polar surface area (TPSA) is 62.5 Å². The van der Waals surface area contributed by atoms with E-state index in [4.69, 9.17) is 4.42 Å². The van der Waals surface area contributed by atoms with Gasteiger partial charge in [-0.3, -0.25) is 4.79 Å². The van der Waals surface area contributed by atoms with Crippen molar-refractivity contribution in [3.05, 3.63) is 53.7 Å². The molecule has 0 atom stereocenters.